The molecule has 0 N–H and O–H groups in total. The minimum atomic E-state index is -0.120. The second-order valence-corrected chi connectivity index (χ2v) is 7.11. The summed E-state index contributed by atoms with van der Waals surface area (Å²) in [4.78, 5) is 0.370. The van der Waals surface area contributed by atoms with Gasteiger partial charge in [0.1, 0.15) is 5.82 Å². The third kappa shape index (κ3) is 4.05. The van der Waals surface area contributed by atoms with Gasteiger partial charge in [-0.25, -0.2) is 4.39 Å². The van der Waals surface area contributed by atoms with Gasteiger partial charge in [-0.3, -0.25) is 0 Å². The molecule has 0 bridgehead atoms. The maximum atomic E-state index is 13.3. The van der Waals surface area contributed by atoms with E-state index in [1.807, 2.05) is 13.8 Å². The highest BCUT2D eigenvalue weighted by Crippen LogP contribution is 2.36. The zero-order valence-electron chi connectivity index (χ0n) is 12.0. The van der Waals surface area contributed by atoms with Gasteiger partial charge < -0.3 is 0 Å². The summed E-state index contributed by atoms with van der Waals surface area (Å²) in [5.74, 6) is 0.792. The standard InChI is InChI=1S/C17H24BrF/c1-12-10-15(19)11-13(2)17(12)16(18)9-8-14-6-4-3-5-7-14/h10-11,14,16H,3-9H2,1-2H3. The highest BCUT2D eigenvalue weighted by molar-refractivity contribution is 9.09. The molecule has 0 radical (unpaired) electrons. The molecule has 0 aliphatic heterocycles. The van der Waals surface area contributed by atoms with Gasteiger partial charge in [0.05, 0.1) is 0 Å². The van der Waals surface area contributed by atoms with Gasteiger partial charge in [0.25, 0.3) is 0 Å². The monoisotopic (exact) mass is 326 g/mol. The second-order valence-electron chi connectivity index (χ2n) is 6.00. The number of halogens is 2. The topological polar surface area (TPSA) is 0 Å². The van der Waals surface area contributed by atoms with Crippen LogP contribution in [0.15, 0.2) is 12.1 Å². The number of hydrogen-bond donors (Lipinski definition) is 0. The van der Waals surface area contributed by atoms with E-state index in [9.17, 15) is 4.39 Å². The molecular formula is C17H24BrF. The molecule has 1 aliphatic rings. The van der Waals surface area contributed by atoms with Gasteiger partial charge in [0.2, 0.25) is 0 Å². The molecule has 1 aliphatic carbocycles. The van der Waals surface area contributed by atoms with E-state index in [4.69, 9.17) is 0 Å². The predicted octanol–water partition coefficient (Wildman–Crippen LogP) is 6.24. The third-order valence-electron chi connectivity index (χ3n) is 4.42. The fourth-order valence-electron chi connectivity index (χ4n) is 3.42. The average molecular weight is 327 g/mol. The van der Waals surface area contributed by atoms with Crippen molar-refractivity contribution < 1.29 is 4.39 Å². The molecule has 0 aromatic heterocycles. The lowest BCUT2D eigenvalue weighted by Gasteiger charge is -2.23. The molecule has 1 atom stereocenters. The first-order chi connectivity index (χ1) is 9.08. The molecule has 0 heterocycles. The van der Waals surface area contributed by atoms with Gasteiger partial charge in [-0.15, -0.1) is 0 Å². The van der Waals surface area contributed by atoms with Gasteiger partial charge in [-0.2, -0.15) is 0 Å². The van der Waals surface area contributed by atoms with Crippen molar-refractivity contribution in [2.45, 2.75) is 63.6 Å². The molecule has 2 rings (SSSR count). The SMILES string of the molecule is Cc1cc(F)cc(C)c1C(Br)CCC1CCCCC1. The van der Waals surface area contributed by atoms with Crippen molar-refractivity contribution in [3.8, 4) is 0 Å². The molecule has 0 amide bonds. The Hall–Kier alpha value is -0.370. The van der Waals surface area contributed by atoms with Crippen molar-refractivity contribution in [1.29, 1.82) is 0 Å². The smallest absolute Gasteiger partial charge is 0.123 e. The maximum Gasteiger partial charge on any atom is 0.123 e. The Bertz CT molecular complexity index is 398. The van der Waals surface area contributed by atoms with Crippen LogP contribution in [0.5, 0.6) is 0 Å². The number of rotatable bonds is 4. The number of alkyl halides is 1. The van der Waals surface area contributed by atoms with Gasteiger partial charge >= 0.3 is 0 Å². The molecule has 0 nitrogen and oxygen atoms in total. The Labute approximate surface area is 124 Å². The predicted molar refractivity (Wildman–Crippen MR) is 83.4 cm³/mol. The maximum absolute atomic E-state index is 13.3. The normalized spacial score (nSPS) is 18.5. The summed E-state index contributed by atoms with van der Waals surface area (Å²) in [5, 5.41) is 0. The molecular weight excluding hydrogens is 303 g/mol. The molecule has 1 saturated carbocycles. The Morgan fingerprint density at radius 2 is 1.74 bits per heavy atom. The van der Waals surface area contributed by atoms with E-state index >= 15 is 0 Å². The second kappa shape index (κ2) is 6.88. The summed E-state index contributed by atoms with van der Waals surface area (Å²) in [6.45, 7) is 4.03. The molecule has 106 valence electrons. The highest BCUT2D eigenvalue weighted by Gasteiger charge is 2.18. The fraction of sp³-hybridized carbons (Fsp3) is 0.647. The molecule has 1 aromatic rings. The van der Waals surface area contributed by atoms with E-state index in [1.54, 1.807) is 12.1 Å². The van der Waals surface area contributed by atoms with Gasteiger partial charge in [0, 0.05) is 4.83 Å². The van der Waals surface area contributed by atoms with Crippen LogP contribution in [0.2, 0.25) is 0 Å². The minimum Gasteiger partial charge on any atom is -0.207 e. The zero-order chi connectivity index (χ0) is 13.8. The van der Waals surface area contributed by atoms with Crippen molar-refractivity contribution >= 4 is 15.9 Å². The lowest BCUT2D eigenvalue weighted by atomic mass is 9.85. The number of hydrogen-bond acceptors (Lipinski definition) is 0. The number of benzene rings is 1. The minimum absolute atomic E-state index is 0.120. The van der Waals surface area contributed by atoms with Crippen LogP contribution in [0, 0.1) is 25.6 Å². The van der Waals surface area contributed by atoms with Crippen LogP contribution in [0.1, 0.15) is 66.5 Å². The van der Waals surface area contributed by atoms with Crippen molar-refractivity contribution in [2.75, 3.05) is 0 Å². The summed E-state index contributed by atoms with van der Waals surface area (Å²) in [7, 11) is 0. The molecule has 1 aromatic carbocycles. The first-order valence-corrected chi connectivity index (χ1v) is 8.40. The van der Waals surface area contributed by atoms with E-state index in [2.05, 4.69) is 15.9 Å². The van der Waals surface area contributed by atoms with Crippen LogP contribution in [-0.2, 0) is 0 Å². The van der Waals surface area contributed by atoms with Crippen LogP contribution in [0.25, 0.3) is 0 Å². The van der Waals surface area contributed by atoms with Crippen LogP contribution in [-0.4, -0.2) is 0 Å². The molecule has 19 heavy (non-hydrogen) atoms. The average Bonchev–Trinajstić information content (AvgIpc) is 2.36. The summed E-state index contributed by atoms with van der Waals surface area (Å²) in [5.41, 5.74) is 3.43. The van der Waals surface area contributed by atoms with Crippen LogP contribution >= 0.6 is 15.9 Å². The molecule has 0 saturated heterocycles. The Kier molecular flexibility index (Phi) is 5.44. The molecule has 2 heteroatoms. The molecule has 1 unspecified atom stereocenters. The first-order valence-electron chi connectivity index (χ1n) is 7.48. The molecule has 1 fully saturated rings. The van der Waals surface area contributed by atoms with Crippen molar-refractivity contribution in [3.63, 3.8) is 0 Å². The fourth-order valence-corrected chi connectivity index (χ4v) is 4.40. The Balaban J connectivity index is 1.97. The number of aryl methyl sites for hydroxylation is 2. The van der Waals surface area contributed by atoms with E-state index in [1.165, 1.54) is 44.1 Å². The summed E-state index contributed by atoms with van der Waals surface area (Å²) in [6, 6.07) is 3.30. The largest absolute Gasteiger partial charge is 0.207 e. The van der Waals surface area contributed by atoms with Gasteiger partial charge in [-0.1, -0.05) is 48.0 Å². The zero-order valence-corrected chi connectivity index (χ0v) is 13.6. The van der Waals surface area contributed by atoms with Crippen molar-refractivity contribution in [2.24, 2.45) is 5.92 Å². The Morgan fingerprint density at radius 3 is 2.32 bits per heavy atom. The first kappa shape index (κ1) is 15.0. The summed E-state index contributed by atoms with van der Waals surface area (Å²) in [6.07, 6.45) is 9.51. The van der Waals surface area contributed by atoms with E-state index in [0.717, 1.165) is 23.5 Å². The third-order valence-corrected chi connectivity index (χ3v) is 5.34. The lowest BCUT2D eigenvalue weighted by Crippen LogP contribution is -2.08. The van der Waals surface area contributed by atoms with E-state index in [-0.39, 0.29) is 5.82 Å². The van der Waals surface area contributed by atoms with Crippen LogP contribution < -0.4 is 0 Å². The summed E-state index contributed by atoms with van der Waals surface area (Å²) >= 11 is 3.82. The summed E-state index contributed by atoms with van der Waals surface area (Å²) < 4.78 is 13.3. The highest BCUT2D eigenvalue weighted by atomic mass is 79.9. The van der Waals surface area contributed by atoms with E-state index in [0.29, 0.717) is 4.83 Å². The van der Waals surface area contributed by atoms with Gasteiger partial charge in [-0.05, 0) is 61.4 Å². The van der Waals surface area contributed by atoms with Crippen molar-refractivity contribution in [1.82, 2.24) is 0 Å². The van der Waals surface area contributed by atoms with E-state index < -0.39 is 0 Å². The van der Waals surface area contributed by atoms with Crippen LogP contribution in [0.3, 0.4) is 0 Å². The van der Waals surface area contributed by atoms with Crippen molar-refractivity contribution in [3.05, 3.63) is 34.6 Å². The van der Waals surface area contributed by atoms with Gasteiger partial charge in [0.15, 0.2) is 0 Å². The lowest BCUT2D eigenvalue weighted by molar-refractivity contribution is 0.332. The van der Waals surface area contributed by atoms with Crippen LogP contribution in [0.4, 0.5) is 4.39 Å². The quantitative estimate of drug-likeness (QED) is 0.574. The Morgan fingerprint density at radius 1 is 1.16 bits per heavy atom. The molecule has 0 spiro atoms.